The molecule has 0 fully saturated rings. The molecule has 1 atom stereocenters. The number of rotatable bonds is 26. The van der Waals surface area contributed by atoms with Crippen LogP contribution in [0.15, 0.2) is 0 Å². The molecule has 0 aliphatic carbocycles. The molecule has 194 valence electrons. The van der Waals surface area contributed by atoms with E-state index in [1.54, 1.807) is 0 Å². The van der Waals surface area contributed by atoms with E-state index in [0.29, 0.717) is 32.5 Å². The van der Waals surface area contributed by atoms with E-state index in [1.807, 2.05) is 0 Å². The fourth-order valence-electron chi connectivity index (χ4n) is 3.59. The van der Waals surface area contributed by atoms with Gasteiger partial charge in [0.1, 0.15) is 0 Å². The molecule has 1 unspecified atom stereocenters. The minimum atomic E-state index is -4.39. The molecular weight excluding hydrogens is 432 g/mol. The van der Waals surface area contributed by atoms with Crippen molar-refractivity contribution in [2.75, 3.05) is 39.6 Å². The molecule has 8 heteroatoms. The van der Waals surface area contributed by atoms with Gasteiger partial charge in [-0.3, -0.25) is 4.55 Å². The van der Waals surface area contributed by atoms with Crippen molar-refractivity contribution in [3.63, 3.8) is 0 Å². The van der Waals surface area contributed by atoms with Gasteiger partial charge in [0.15, 0.2) is 0 Å². The van der Waals surface area contributed by atoms with Gasteiger partial charge in [-0.25, -0.2) is 4.18 Å². The van der Waals surface area contributed by atoms with Gasteiger partial charge in [-0.05, 0) is 12.8 Å². The van der Waals surface area contributed by atoms with Crippen LogP contribution in [0.2, 0.25) is 0 Å². The second-order valence-corrected chi connectivity index (χ2v) is 9.52. The Morgan fingerprint density at radius 3 is 1.47 bits per heavy atom. The first-order chi connectivity index (χ1) is 15.5. The predicted molar refractivity (Wildman–Crippen MR) is 129 cm³/mol. The van der Waals surface area contributed by atoms with Crippen molar-refractivity contribution in [2.45, 2.75) is 116 Å². The van der Waals surface area contributed by atoms with Crippen molar-refractivity contribution in [3.8, 4) is 0 Å². The topological polar surface area (TPSA) is 91.3 Å². The Bertz CT molecular complexity index is 471. The van der Waals surface area contributed by atoms with E-state index in [0.717, 1.165) is 12.8 Å². The average molecular weight is 483 g/mol. The quantitative estimate of drug-likeness (QED) is 0.117. The van der Waals surface area contributed by atoms with Gasteiger partial charge in [-0.1, -0.05) is 97.3 Å². The van der Waals surface area contributed by atoms with Crippen LogP contribution in [-0.4, -0.2) is 58.7 Å². The van der Waals surface area contributed by atoms with Gasteiger partial charge >= 0.3 is 10.4 Å². The lowest BCUT2D eigenvalue weighted by molar-refractivity contribution is -0.0194. The number of hydrogen-bond acceptors (Lipinski definition) is 6. The number of unbranched alkanes of at least 4 members (excludes halogenated alkanes) is 11. The molecule has 0 radical (unpaired) electrons. The van der Waals surface area contributed by atoms with E-state index in [2.05, 4.69) is 18.0 Å². The van der Waals surface area contributed by atoms with E-state index in [1.165, 1.54) is 83.5 Å². The number of hydrogen-bond donors (Lipinski definition) is 1. The van der Waals surface area contributed by atoms with Crippen LogP contribution in [0, 0.1) is 0 Å². The fraction of sp³-hybridized carbons (Fsp3) is 1.00. The third-order valence-corrected chi connectivity index (χ3v) is 5.89. The Kier molecular flexibility index (Phi) is 23.7. The minimum absolute atomic E-state index is 0.0818. The summed E-state index contributed by atoms with van der Waals surface area (Å²) in [7, 11) is -4.39. The molecule has 0 aliphatic rings. The molecular formula is C24H50O7S. The van der Waals surface area contributed by atoms with Crippen LogP contribution in [0.5, 0.6) is 0 Å². The van der Waals surface area contributed by atoms with E-state index < -0.39 is 10.4 Å². The molecule has 0 amide bonds. The highest BCUT2D eigenvalue weighted by Crippen LogP contribution is 2.17. The van der Waals surface area contributed by atoms with Gasteiger partial charge in [0, 0.05) is 0 Å². The van der Waals surface area contributed by atoms with E-state index in [-0.39, 0.29) is 13.2 Å². The van der Waals surface area contributed by atoms with Gasteiger partial charge < -0.3 is 14.2 Å². The average Bonchev–Trinajstić information content (AvgIpc) is 2.75. The van der Waals surface area contributed by atoms with Crippen LogP contribution >= 0.6 is 0 Å². The minimum Gasteiger partial charge on any atom is -0.377 e. The summed E-state index contributed by atoms with van der Waals surface area (Å²) in [5, 5.41) is 0. The van der Waals surface area contributed by atoms with Gasteiger partial charge in [0.25, 0.3) is 0 Å². The van der Waals surface area contributed by atoms with E-state index >= 15 is 0 Å². The highest BCUT2D eigenvalue weighted by atomic mass is 32.3. The van der Waals surface area contributed by atoms with Crippen LogP contribution in [0.1, 0.15) is 110 Å². The third-order valence-electron chi connectivity index (χ3n) is 5.42. The lowest BCUT2D eigenvalue weighted by Crippen LogP contribution is -2.18. The third kappa shape index (κ3) is 26.0. The summed E-state index contributed by atoms with van der Waals surface area (Å²) in [6.07, 6.45) is 19.7. The Labute approximate surface area is 197 Å². The maximum Gasteiger partial charge on any atom is 0.397 e. The van der Waals surface area contributed by atoms with E-state index in [9.17, 15) is 8.42 Å². The zero-order valence-electron chi connectivity index (χ0n) is 20.7. The van der Waals surface area contributed by atoms with Crippen molar-refractivity contribution in [1.82, 2.24) is 0 Å². The molecule has 0 spiro atoms. The highest BCUT2D eigenvalue weighted by Gasteiger charge is 2.09. The van der Waals surface area contributed by atoms with Crippen molar-refractivity contribution in [2.24, 2.45) is 0 Å². The summed E-state index contributed by atoms with van der Waals surface area (Å²) in [4.78, 5) is 0. The monoisotopic (exact) mass is 482 g/mol. The van der Waals surface area contributed by atoms with Gasteiger partial charge in [-0.2, -0.15) is 8.42 Å². The molecule has 0 aromatic rings. The molecule has 32 heavy (non-hydrogen) atoms. The fourth-order valence-corrected chi connectivity index (χ4v) is 3.87. The maximum absolute atomic E-state index is 10.4. The molecule has 0 aliphatic heterocycles. The first-order valence-electron chi connectivity index (χ1n) is 12.9. The van der Waals surface area contributed by atoms with Gasteiger partial charge in [-0.15, -0.1) is 0 Å². The molecule has 1 N–H and O–H groups in total. The summed E-state index contributed by atoms with van der Waals surface area (Å²) in [6.45, 7) is 6.24. The van der Waals surface area contributed by atoms with E-state index in [4.69, 9.17) is 18.8 Å². The second kappa shape index (κ2) is 23.9. The van der Waals surface area contributed by atoms with Gasteiger partial charge in [0.05, 0.1) is 45.7 Å². The predicted octanol–water partition coefficient (Wildman–Crippen LogP) is 6.12. The molecule has 0 bridgehead atoms. The normalized spacial score (nSPS) is 13.0. The zero-order valence-corrected chi connectivity index (χ0v) is 21.5. The van der Waals surface area contributed by atoms with Crippen LogP contribution < -0.4 is 0 Å². The molecule has 0 heterocycles. The first kappa shape index (κ1) is 31.8. The number of ether oxygens (including phenoxy) is 3. The molecule has 0 saturated heterocycles. The Balaban J connectivity index is 3.82. The van der Waals surface area contributed by atoms with Crippen molar-refractivity contribution in [1.29, 1.82) is 0 Å². The summed E-state index contributed by atoms with van der Waals surface area (Å²) in [5.41, 5.74) is 0. The van der Waals surface area contributed by atoms with Crippen molar-refractivity contribution < 1.29 is 31.4 Å². The lowest BCUT2D eigenvalue weighted by Gasteiger charge is -2.18. The molecule has 0 aromatic heterocycles. The summed E-state index contributed by atoms with van der Waals surface area (Å²) >= 11 is 0. The standard InChI is InChI=1S/C24H50O7S/c1-3-5-7-9-11-13-15-17-24(16-14-12-10-8-6-4-2)30-22-20-28-18-19-29-21-23-31-32(25,26)27/h24H,3-23H2,1-2H3,(H,25,26,27). The van der Waals surface area contributed by atoms with Crippen molar-refractivity contribution >= 4 is 10.4 Å². The second-order valence-electron chi connectivity index (χ2n) is 8.43. The Morgan fingerprint density at radius 1 is 0.594 bits per heavy atom. The molecule has 0 rings (SSSR count). The van der Waals surface area contributed by atoms with Crippen LogP contribution in [-0.2, 0) is 28.8 Å². The maximum atomic E-state index is 10.4. The van der Waals surface area contributed by atoms with Crippen LogP contribution in [0.4, 0.5) is 0 Å². The highest BCUT2D eigenvalue weighted by molar-refractivity contribution is 7.80. The smallest absolute Gasteiger partial charge is 0.377 e. The molecule has 7 nitrogen and oxygen atoms in total. The lowest BCUT2D eigenvalue weighted by atomic mass is 10.0. The summed E-state index contributed by atoms with van der Waals surface area (Å²) < 4.78 is 50.2. The Morgan fingerprint density at radius 2 is 1.00 bits per heavy atom. The zero-order chi connectivity index (χ0) is 23.8. The summed E-state index contributed by atoms with van der Waals surface area (Å²) in [6, 6.07) is 0. The largest absolute Gasteiger partial charge is 0.397 e. The van der Waals surface area contributed by atoms with Crippen molar-refractivity contribution in [3.05, 3.63) is 0 Å². The van der Waals surface area contributed by atoms with Crippen LogP contribution in [0.3, 0.4) is 0 Å². The molecule has 0 aromatic carbocycles. The molecule has 0 saturated carbocycles. The van der Waals surface area contributed by atoms with Gasteiger partial charge in [0.2, 0.25) is 0 Å². The van der Waals surface area contributed by atoms with Crippen LogP contribution in [0.25, 0.3) is 0 Å². The SMILES string of the molecule is CCCCCCCCCC(CCCCCCCC)OCCOCCOCCOS(=O)(=O)O. The first-order valence-corrected chi connectivity index (χ1v) is 14.2. The summed E-state index contributed by atoms with van der Waals surface area (Å²) in [5.74, 6) is 0. The Hall–Kier alpha value is -0.250.